The molecule has 7 heteroatoms. The van der Waals surface area contributed by atoms with Gasteiger partial charge >= 0.3 is 6.03 Å². The molecule has 23 heavy (non-hydrogen) atoms. The first-order valence-electron chi connectivity index (χ1n) is 8.07. The minimum atomic E-state index is -0.239. The maximum absolute atomic E-state index is 12.2. The van der Waals surface area contributed by atoms with Crippen LogP contribution < -0.4 is 10.6 Å². The third-order valence-electron chi connectivity index (χ3n) is 4.09. The predicted octanol–water partition coefficient (Wildman–Crippen LogP) is 3.21. The molecule has 0 unspecified atom stereocenters. The fraction of sp³-hybridized carbons (Fsp3) is 0.562. The van der Waals surface area contributed by atoms with Crippen molar-refractivity contribution >= 4 is 11.8 Å². The van der Waals surface area contributed by atoms with E-state index in [9.17, 15) is 4.79 Å². The molecule has 3 N–H and O–H groups in total. The van der Waals surface area contributed by atoms with E-state index >= 15 is 0 Å². The summed E-state index contributed by atoms with van der Waals surface area (Å²) in [5.74, 6) is 0.731. The Morgan fingerprint density at radius 1 is 1.30 bits per heavy atom. The fourth-order valence-electron chi connectivity index (χ4n) is 2.69. The summed E-state index contributed by atoms with van der Waals surface area (Å²) < 4.78 is 1.91. The molecule has 0 aliphatic heterocycles. The van der Waals surface area contributed by atoms with E-state index in [1.807, 2.05) is 31.5 Å². The molecule has 2 aromatic rings. The van der Waals surface area contributed by atoms with E-state index in [-0.39, 0.29) is 12.1 Å². The summed E-state index contributed by atoms with van der Waals surface area (Å²) in [7, 11) is 0. The lowest BCUT2D eigenvalue weighted by molar-refractivity contribution is 0.251. The molecule has 0 bridgehead atoms. The highest BCUT2D eigenvalue weighted by Crippen LogP contribution is 2.21. The molecular weight excluding hydrogens is 292 g/mol. The van der Waals surface area contributed by atoms with E-state index in [4.69, 9.17) is 0 Å². The summed E-state index contributed by atoms with van der Waals surface area (Å²) in [6.45, 7) is 10.5. The average Bonchev–Trinajstić information content (AvgIpc) is 3.02. The van der Waals surface area contributed by atoms with Crippen LogP contribution in [0.5, 0.6) is 0 Å². The van der Waals surface area contributed by atoms with Crippen molar-refractivity contribution in [2.75, 3.05) is 5.32 Å². The van der Waals surface area contributed by atoms with E-state index in [1.165, 1.54) is 0 Å². The normalized spacial score (nSPS) is 11.0. The van der Waals surface area contributed by atoms with Crippen molar-refractivity contribution < 1.29 is 4.79 Å². The van der Waals surface area contributed by atoms with Gasteiger partial charge in [0.2, 0.25) is 0 Å². The Labute approximate surface area is 136 Å². The summed E-state index contributed by atoms with van der Waals surface area (Å²) in [6.07, 6.45) is 1.95. The number of carbonyl (C=O) groups is 1. The molecule has 2 rings (SSSR count). The van der Waals surface area contributed by atoms with Crippen LogP contribution in [-0.2, 0) is 6.54 Å². The van der Waals surface area contributed by atoms with Crippen molar-refractivity contribution in [2.24, 2.45) is 0 Å². The SMILES string of the molecule is CCC(CC)n1nc(C)cc1NC(=O)NCc1c(C)n[nH]c1C. The average molecular weight is 318 g/mol. The molecule has 0 aromatic carbocycles. The van der Waals surface area contributed by atoms with Gasteiger partial charge in [0.25, 0.3) is 0 Å². The number of hydrogen-bond acceptors (Lipinski definition) is 3. The van der Waals surface area contributed by atoms with Gasteiger partial charge in [0.1, 0.15) is 5.82 Å². The number of anilines is 1. The van der Waals surface area contributed by atoms with Crippen LogP contribution in [0.2, 0.25) is 0 Å². The van der Waals surface area contributed by atoms with E-state index in [2.05, 4.69) is 39.8 Å². The zero-order valence-electron chi connectivity index (χ0n) is 14.5. The number of amides is 2. The van der Waals surface area contributed by atoms with Crippen molar-refractivity contribution in [3.8, 4) is 0 Å². The number of aromatic nitrogens is 4. The predicted molar refractivity (Wildman–Crippen MR) is 90.5 cm³/mol. The summed E-state index contributed by atoms with van der Waals surface area (Å²) >= 11 is 0. The van der Waals surface area contributed by atoms with Gasteiger partial charge in [-0.15, -0.1) is 0 Å². The van der Waals surface area contributed by atoms with Gasteiger partial charge in [-0.2, -0.15) is 10.2 Å². The van der Waals surface area contributed by atoms with Crippen molar-refractivity contribution in [3.05, 3.63) is 28.7 Å². The Morgan fingerprint density at radius 2 is 2.00 bits per heavy atom. The zero-order valence-corrected chi connectivity index (χ0v) is 14.5. The topological polar surface area (TPSA) is 87.6 Å². The molecule has 2 heterocycles. The van der Waals surface area contributed by atoms with Crippen LogP contribution in [-0.4, -0.2) is 26.0 Å². The zero-order chi connectivity index (χ0) is 17.0. The monoisotopic (exact) mass is 318 g/mol. The van der Waals surface area contributed by atoms with Crippen LogP contribution in [0, 0.1) is 20.8 Å². The van der Waals surface area contributed by atoms with Gasteiger partial charge in [0.15, 0.2) is 0 Å². The Hall–Kier alpha value is -2.31. The van der Waals surface area contributed by atoms with Crippen LogP contribution in [0.4, 0.5) is 10.6 Å². The summed E-state index contributed by atoms with van der Waals surface area (Å²) in [5.41, 5.74) is 3.79. The van der Waals surface area contributed by atoms with E-state index in [0.29, 0.717) is 6.54 Å². The van der Waals surface area contributed by atoms with E-state index < -0.39 is 0 Å². The van der Waals surface area contributed by atoms with Gasteiger partial charge in [0, 0.05) is 23.9 Å². The molecule has 7 nitrogen and oxygen atoms in total. The van der Waals surface area contributed by atoms with Gasteiger partial charge in [-0.05, 0) is 33.6 Å². The summed E-state index contributed by atoms with van der Waals surface area (Å²) in [4.78, 5) is 12.2. The number of carbonyl (C=O) groups excluding carboxylic acids is 1. The van der Waals surface area contributed by atoms with Crippen LogP contribution >= 0.6 is 0 Å². The largest absolute Gasteiger partial charge is 0.334 e. The first-order chi connectivity index (χ1) is 11.0. The third kappa shape index (κ3) is 3.91. The number of nitrogens with one attached hydrogen (secondary N) is 3. The minimum Gasteiger partial charge on any atom is -0.334 e. The van der Waals surface area contributed by atoms with Crippen molar-refractivity contribution in [2.45, 2.75) is 60.0 Å². The number of urea groups is 1. The van der Waals surface area contributed by atoms with Gasteiger partial charge < -0.3 is 5.32 Å². The highest BCUT2D eigenvalue weighted by Gasteiger charge is 2.15. The molecule has 0 spiro atoms. The van der Waals surface area contributed by atoms with Crippen LogP contribution in [0.25, 0.3) is 0 Å². The molecule has 0 aliphatic carbocycles. The number of H-pyrrole nitrogens is 1. The molecule has 2 amide bonds. The van der Waals surface area contributed by atoms with Gasteiger partial charge in [-0.25, -0.2) is 9.48 Å². The highest BCUT2D eigenvalue weighted by atomic mass is 16.2. The first-order valence-corrected chi connectivity index (χ1v) is 8.07. The fourth-order valence-corrected chi connectivity index (χ4v) is 2.69. The maximum Gasteiger partial charge on any atom is 0.320 e. The van der Waals surface area contributed by atoms with Crippen molar-refractivity contribution in [1.29, 1.82) is 0 Å². The lowest BCUT2D eigenvalue weighted by Crippen LogP contribution is -2.30. The molecule has 0 atom stereocenters. The lowest BCUT2D eigenvalue weighted by atomic mass is 10.2. The minimum absolute atomic E-state index is 0.239. The van der Waals surface area contributed by atoms with E-state index in [1.54, 1.807) is 0 Å². The molecule has 2 aromatic heterocycles. The standard InChI is InChI=1S/C16H26N6O/c1-6-13(7-2)22-15(8-10(3)21-22)18-16(23)17-9-14-11(4)19-20-12(14)5/h8,13H,6-7,9H2,1-5H3,(H,19,20)(H2,17,18,23). The molecule has 0 aliphatic rings. The summed E-state index contributed by atoms with van der Waals surface area (Å²) in [6, 6.07) is 1.95. The molecule has 0 saturated heterocycles. The third-order valence-corrected chi connectivity index (χ3v) is 4.09. The van der Waals surface area contributed by atoms with Gasteiger partial charge in [-0.3, -0.25) is 10.4 Å². The molecule has 0 radical (unpaired) electrons. The van der Waals surface area contributed by atoms with Crippen LogP contribution in [0.15, 0.2) is 6.07 Å². The van der Waals surface area contributed by atoms with Crippen molar-refractivity contribution in [1.82, 2.24) is 25.3 Å². The maximum atomic E-state index is 12.2. The Bertz CT molecular complexity index is 649. The van der Waals surface area contributed by atoms with Gasteiger partial charge in [-0.1, -0.05) is 13.8 Å². The smallest absolute Gasteiger partial charge is 0.320 e. The lowest BCUT2D eigenvalue weighted by Gasteiger charge is -2.17. The van der Waals surface area contributed by atoms with E-state index in [0.717, 1.165) is 41.3 Å². The molecule has 126 valence electrons. The second-order valence-corrected chi connectivity index (χ2v) is 5.81. The number of nitrogens with zero attached hydrogens (tertiary/aromatic N) is 3. The Balaban J connectivity index is 2.03. The first kappa shape index (κ1) is 17.1. The number of hydrogen-bond donors (Lipinski definition) is 3. The van der Waals surface area contributed by atoms with Gasteiger partial charge in [0.05, 0.1) is 17.4 Å². The quantitative estimate of drug-likeness (QED) is 0.764. The van der Waals surface area contributed by atoms with Crippen LogP contribution in [0.3, 0.4) is 0 Å². The van der Waals surface area contributed by atoms with Crippen LogP contribution in [0.1, 0.15) is 55.4 Å². The Morgan fingerprint density at radius 3 is 2.57 bits per heavy atom. The highest BCUT2D eigenvalue weighted by molar-refractivity contribution is 5.88. The van der Waals surface area contributed by atoms with Crippen molar-refractivity contribution in [3.63, 3.8) is 0 Å². The Kier molecular flexibility index (Phi) is 5.41. The second kappa shape index (κ2) is 7.30. The molecule has 0 saturated carbocycles. The summed E-state index contributed by atoms with van der Waals surface area (Å²) in [5, 5.41) is 17.3. The molecule has 0 fully saturated rings. The number of aromatic amines is 1. The second-order valence-electron chi connectivity index (χ2n) is 5.81. The molecular formula is C16H26N6O. The number of rotatable bonds is 6. The number of aryl methyl sites for hydroxylation is 3.